The van der Waals surface area contributed by atoms with Crippen LogP contribution in [0.2, 0.25) is 5.02 Å². The van der Waals surface area contributed by atoms with Gasteiger partial charge in [0.1, 0.15) is 11.4 Å². The Morgan fingerprint density at radius 2 is 1.95 bits per heavy atom. The van der Waals surface area contributed by atoms with E-state index in [1.165, 1.54) is 0 Å². The van der Waals surface area contributed by atoms with Gasteiger partial charge < -0.3 is 30.0 Å². The molecule has 0 aliphatic carbocycles. The number of benzene rings is 2. The van der Waals surface area contributed by atoms with E-state index in [9.17, 15) is 9.90 Å². The fourth-order valence-electron chi connectivity index (χ4n) is 5.87. The molecule has 1 atom stereocenters. The largest absolute Gasteiger partial charge is 0.387 e. The van der Waals surface area contributed by atoms with Gasteiger partial charge in [0, 0.05) is 68.9 Å². The van der Waals surface area contributed by atoms with Crippen LogP contribution in [0.5, 0.6) is 0 Å². The number of anilines is 2. The molecule has 2 aliphatic rings. The summed E-state index contributed by atoms with van der Waals surface area (Å²) < 4.78 is 5.54. The van der Waals surface area contributed by atoms with E-state index in [1.54, 1.807) is 30.5 Å². The van der Waals surface area contributed by atoms with Gasteiger partial charge in [-0.15, -0.1) is 0 Å². The summed E-state index contributed by atoms with van der Waals surface area (Å²) in [6, 6.07) is 13.9. The Kier molecular flexibility index (Phi) is 7.80. The first-order chi connectivity index (χ1) is 19.5. The number of aryl methyl sites for hydroxylation is 1. The smallest absolute Gasteiger partial charge is 0.261 e. The van der Waals surface area contributed by atoms with E-state index in [1.807, 2.05) is 6.07 Å². The second-order valence-corrected chi connectivity index (χ2v) is 11.1. The molecule has 4 heterocycles. The summed E-state index contributed by atoms with van der Waals surface area (Å²) >= 11 is 6.08. The third-order valence-electron chi connectivity index (χ3n) is 8.07. The lowest BCUT2D eigenvalue weighted by Crippen LogP contribution is -2.51. The average Bonchev–Trinajstić information content (AvgIpc) is 3.41. The van der Waals surface area contributed by atoms with Crippen molar-refractivity contribution < 1.29 is 9.84 Å². The summed E-state index contributed by atoms with van der Waals surface area (Å²) in [4.78, 5) is 29.0. The maximum absolute atomic E-state index is 13.0. The summed E-state index contributed by atoms with van der Waals surface area (Å²) in [6.45, 7) is 8.05. The average molecular weight is 563 g/mol. The molecule has 2 aliphatic heterocycles. The molecule has 2 fully saturated rings. The van der Waals surface area contributed by atoms with Gasteiger partial charge in [-0.2, -0.15) is 0 Å². The molecule has 0 radical (unpaired) electrons. The molecule has 6 rings (SSSR count). The molecule has 0 amide bonds. The number of aromatic nitrogens is 3. The molecule has 2 saturated heterocycles. The van der Waals surface area contributed by atoms with E-state index >= 15 is 0 Å². The Hall–Kier alpha value is -3.37. The molecule has 0 saturated carbocycles. The Bertz CT molecular complexity index is 1540. The second kappa shape index (κ2) is 11.6. The monoisotopic (exact) mass is 562 g/mol. The third-order valence-corrected chi connectivity index (χ3v) is 8.30. The number of aliphatic hydroxyl groups excluding tert-OH is 1. The van der Waals surface area contributed by atoms with Gasteiger partial charge in [-0.3, -0.25) is 9.69 Å². The van der Waals surface area contributed by atoms with Crippen LogP contribution in [0.1, 0.15) is 30.1 Å². The van der Waals surface area contributed by atoms with Gasteiger partial charge in [-0.05, 0) is 61.2 Å². The number of rotatable bonds is 7. The van der Waals surface area contributed by atoms with Gasteiger partial charge in [0.25, 0.3) is 5.56 Å². The minimum atomic E-state index is -0.793. The second-order valence-electron chi connectivity index (χ2n) is 10.7. The van der Waals surface area contributed by atoms with Crippen LogP contribution >= 0.6 is 11.6 Å². The first-order valence-corrected chi connectivity index (χ1v) is 14.3. The van der Waals surface area contributed by atoms with Crippen molar-refractivity contribution in [2.75, 3.05) is 56.2 Å². The Labute approximate surface area is 238 Å². The maximum Gasteiger partial charge on any atom is 0.261 e. The Morgan fingerprint density at radius 1 is 1.15 bits per heavy atom. The number of nitrogens with one attached hydrogen (secondary N) is 3. The number of piperazine rings is 1. The summed E-state index contributed by atoms with van der Waals surface area (Å²) in [5, 5.41) is 14.5. The number of hydrogen-bond acceptors (Lipinski definition) is 7. The van der Waals surface area contributed by atoms with Crippen molar-refractivity contribution in [3.63, 3.8) is 0 Å². The van der Waals surface area contributed by atoms with Crippen molar-refractivity contribution in [2.45, 2.75) is 31.9 Å². The number of nitrogens with zero attached hydrogens (tertiary/aromatic N) is 3. The number of H-pyrrole nitrogens is 2. The summed E-state index contributed by atoms with van der Waals surface area (Å²) in [5.41, 5.74) is 5.39. The van der Waals surface area contributed by atoms with Gasteiger partial charge in [0.2, 0.25) is 0 Å². The van der Waals surface area contributed by atoms with Crippen LogP contribution in [0.15, 0.2) is 53.5 Å². The summed E-state index contributed by atoms with van der Waals surface area (Å²) in [6.07, 6.45) is 3.04. The van der Waals surface area contributed by atoms with E-state index in [-0.39, 0.29) is 12.1 Å². The number of halogens is 1. The molecule has 0 bridgehead atoms. The number of fused-ring (bicyclic) bond motifs is 1. The zero-order valence-corrected chi connectivity index (χ0v) is 23.4. The van der Waals surface area contributed by atoms with Gasteiger partial charge in [-0.25, -0.2) is 4.98 Å². The molecule has 0 spiro atoms. The molecule has 4 N–H and O–H groups in total. The zero-order chi connectivity index (χ0) is 27.6. The fraction of sp³-hybridized carbons (Fsp3) is 0.400. The van der Waals surface area contributed by atoms with Crippen molar-refractivity contribution in [3.05, 3.63) is 75.2 Å². The van der Waals surface area contributed by atoms with Crippen LogP contribution in [0.25, 0.3) is 22.4 Å². The first kappa shape index (κ1) is 26.8. The number of pyridine rings is 1. The maximum atomic E-state index is 13.0. The van der Waals surface area contributed by atoms with Gasteiger partial charge in [-0.1, -0.05) is 23.7 Å². The van der Waals surface area contributed by atoms with Crippen molar-refractivity contribution in [3.8, 4) is 11.4 Å². The standard InChI is InChI=1S/C30H35ClN6O3/c1-19-15-23(37-11-9-36(10-12-37)22-6-13-40-14-7-22)17-25-28(19)35-29(34-25)27-24(5-8-32-30(27)39)33-18-26(38)20-3-2-4-21(31)16-20/h2-5,8,15-17,22,26,38H,6-7,9-14,18H2,1H3,(H,34,35)(H2,32,33,39)/t26-/m0/s1. The SMILES string of the molecule is Cc1cc(N2CCN(C3CCOCC3)CC2)cc2[nH]c(-c3c(NC[C@H](O)c4cccc(Cl)c4)cc[nH]c3=O)nc12. The van der Waals surface area contributed by atoms with E-state index in [0.717, 1.165) is 74.5 Å². The molecule has 210 valence electrons. The number of aromatic amines is 2. The highest BCUT2D eigenvalue weighted by atomic mass is 35.5. The number of aliphatic hydroxyl groups is 1. The Balaban J connectivity index is 1.21. The predicted molar refractivity (Wildman–Crippen MR) is 159 cm³/mol. The molecule has 2 aromatic carbocycles. The molecule has 0 unspecified atom stereocenters. The molecule has 10 heteroatoms. The number of imidazole rings is 1. The predicted octanol–water partition coefficient (Wildman–Crippen LogP) is 4.33. The van der Waals surface area contributed by atoms with E-state index in [4.69, 9.17) is 21.3 Å². The molecule has 2 aromatic heterocycles. The van der Waals surface area contributed by atoms with Gasteiger partial charge in [0.15, 0.2) is 0 Å². The minimum Gasteiger partial charge on any atom is -0.387 e. The molecular weight excluding hydrogens is 528 g/mol. The Morgan fingerprint density at radius 3 is 2.73 bits per heavy atom. The lowest BCUT2D eigenvalue weighted by atomic mass is 10.1. The van der Waals surface area contributed by atoms with Crippen LogP contribution < -0.4 is 15.8 Å². The quantitative estimate of drug-likeness (QED) is 0.265. The van der Waals surface area contributed by atoms with Crippen molar-refractivity contribution >= 4 is 34.0 Å². The van der Waals surface area contributed by atoms with Crippen LogP contribution in [-0.4, -0.2) is 76.9 Å². The molecule has 4 aromatic rings. The third kappa shape index (κ3) is 5.60. The fourth-order valence-corrected chi connectivity index (χ4v) is 6.07. The molecular formula is C30H35ClN6O3. The minimum absolute atomic E-state index is 0.208. The normalized spacial score (nSPS) is 17.8. The zero-order valence-electron chi connectivity index (χ0n) is 22.6. The summed E-state index contributed by atoms with van der Waals surface area (Å²) in [5.74, 6) is 0.487. The highest BCUT2D eigenvalue weighted by molar-refractivity contribution is 6.30. The first-order valence-electron chi connectivity index (χ1n) is 13.9. The highest BCUT2D eigenvalue weighted by Crippen LogP contribution is 2.30. The molecule has 40 heavy (non-hydrogen) atoms. The van der Waals surface area contributed by atoms with E-state index in [0.29, 0.717) is 33.7 Å². The highest BCUT2D eigenvalue weighted by Gasteiger charge is 2.26. The van der Waals surface area contributed by atoms with Crippen LogP contribution in [0, 0.1) is 6.92 Å². The van der Waals surface area contributed by atoms with Crippen molar-refractivity contribution in [2.24, 2.45) is 0 Å². The summed E-state index contributed by atoms with van der Waals surface area (Å²) in [7, 11) is 0. The van der Waals surface area contributed by atoms with Crippen LogP contribution in [0.4, 0.5) is 11.4 Å². The van der Waals surface area contributed by atoms with Crippen LogP contribution in [-0.2, 0) is 4.74 Å². The number of ether oxygens (including phenoxy) is 1. The number of hydrogen-bond donors (Lipinski definition) is 4. The topological polar surface area (TPSA) is 110 Å². The van der Waals surface area contributed by atoms with Gasteiger partial charge >= 0.3 is 0 Å². The lowest BCUT2D eigenvalue weighted by molar-refractivity contribution is 0.0321. The van der Waals surface area contributed by atoms with Gasteiger partial charge in [0.05, 0.1) is 22.8 Å². The van der Waals surface area contributed by atoms with Crippen LogP contribution in [0.3, 0.4) is 0 Å². The van der Waals surface area contributed by atoms with Crippen molar-refractivity contribution in [1.82, 2.24) is 19.9 Å². The lowest BCUT2D eigenvalue weighted by Gasteiger charge is -2.41. The van der Waals surface area contributed by atoms with E-state index in [2.05, 4.69) is 44.1 Å². The van der Waals surface area contributed by atoms with Crippen molar-refractivity contribution in [1.29, 1.82) is 0 Å². The molecule has 9 nitrogen and oxygen atoms in total. The van der Waals surface area contributed by atoms with E-state index < -0.39 is 6.10 Å².